The Morgan fingerprint density at radius 3 is 1.03 bits per heavy atom. The SMILES string of the molecule is CC/C=C\C/C=C\C/C=C\C/C=C\C/C=C\CCCC(=O)OCC(COCCCCCCC/C=C\C/C=C\C/C=C\C/C=C\CC)OC(=O)CCCCCC/C=C\C/C=C\C/C=C\C/C=C\CC. The van der Waals surface area contributed by atoms with Crippen LogP contribution in [0, 0.1) is 0 Å². The van der Waals surface area contributed by atoms with Crippen LogP contribution in [0.2, 0.25) is 0 Å². The molecule has 0 radical (unpaired) electrons. The van der Waals surface area contributed by atoms with Crippen LogP contribution in [0.1, 0.15) is 201 Å². The Balaban J connectivity index is 4.50. The maximum absolute atomic E-state index is 12.8. The molecule has 68 heavy (non-hydrogen) atoms. The van der Waals surface area contributed by atoms with Crippen molar-refractivity contribution in [3.8, 4) is 0 Å². The zero-order chi connectivity index (χ0) is 49.2. The van der Waals surface area contributed by atoms with Crippen molar-refractivity contribution in [1.29, 1.82) is 0 Å². The molecule has 1 atom stereocenters. The van der Waals surface area contributed by atoms with Crippen molar-refractivity contribution in [2.24, 2.45) is 0 Å². The monoisotopic (exact) mass is 935 g/mol. The Morgan fingerprint density at radius 2 is 0.632 bits per heavy atom. The molecule has 0 amide bonds. The van der Waals surface area contributed by atoms with Gasteiger partial charge in [-0.3, -0.25) is 9.59 Å². The third kappa shape index (κ3) is 54.1. The molecule has 0 aromatic heterocycles. The average molecular weight is 935 g/mol. The number of allylic oxidation sites excluding steroid dienone is 26. The smallest absolute Gasteiger partial charge is 0.306 e. The minimum absolute atomic E-state index is 0.0262. The molecule has 0 aliphatic carbocycles. The predicted octanol–water partition coefficient (Wildman–Crippen LogP) is 18.7. The van der Waals surface area contributed by atoms with Crippen LogP contribution < -0.4 is 0 Å². The summed E-state index contributed by atoms with van der Waals surface area (Å²) in [5.41, 5.74) is 0. The van der Waals surface area contributed by atoms with Gasteiger partial charge in [-0.25, -0.2) is 0 Å². The van der Waals surface area contributed by atoms with Crippen molar-refractivity contribution < 1.29 is 23.8 Å². The lowest BCUT2D eigenvalue weighted by Gasteiger charge is -2.18. The summed E-state index contributed by atoms with van der Waals surface area (Å²) in [6.45, 7) is 7.33. The van der Waals surface area contributed by atoms with Gasteiger partial charge in [-0.15, -0.1) is 0 Å². The molecule has 0 fully saturated rings. The van der Waals surface area contributed by atoms with E-state index in [2.05, 4.69) is 179 Å². The molecule has 380 valence electrons. The van der Waals surface area contributed by atoms with E-state index < -0.39 is 6.10 Å². The fraction of sp³-hybridized carbons (Fsp3) is 0.556. The standard InChI is InChI=1S/C63H98O5/c1-4-7-10-13-16-19-22-25-28-31-34-37-40-43-46-49-52-55-58-66-59-61(68-63(65)57-54-51-48-45-42-39-36-33-30-27-24-21-18-15-12-9-6-3)60-67-62(64)56-53-50-47-44-41-38-35-32-29-26-23-20-17-14-11-8-5-2/h7-12,16-21,25-30,34-39,44,47,61H,4-6,13-15,22-24,31-33,40-43,45-46,48-60H2,1-3H3/b10-7-,11-8-,12-9-,19-16-,20-17-,21-18-,28-25-,29-26-,30-27-,37-34-,38-35-,39-36-,47-44-. The lowest BCUT2D eigenvalue weighted by Crippen LogP contribution is -2.30. The van der Waals surface area contributed by atoms with E-state index in [0.29, 0.717) is 19.4 Å². The van der Waals surface area contributed by atoms with Crippen LogP contribution in [0.15, 0.2) is 158 Å². The Labute approximate surface area is 418 Å². The van der Waals surface area contributed by atoms with Gasteiger partial charge in [0.1, 0.15) is 6.61 Å². The van der Waals surface area contributed by atoms with Crippen LogP contribution in [-0.2, 0) is 23.8 Å². The molecule has 0 rings (SSSR count). The van der Waals surface area contributed by atoms with Gasteiger partial charge in [0.2, 0.25) is 0 Å². The highest BCUT2D eigenvalue weighted by atomic mass is 16.6. The first-order valence-corrected chi connectivity index (χ1v) is 27.0. The molecule has 5 heteroatoms. The van der Waals surface area contributed by atoms with Crippen LogP contribution in [0.3, 0.4) is 0 Å². The van der Waals surface area contributed by atoms with Crippen LogP contribution in [-0.4, -0.2) is 37.9 Å². The number of carbonyl (C=O) groups excluding carboxylic acids is 2. The maximum Gasteiger partial charge on any atom is 0.306 e. The number of hydrogen-bond donors (Lipinski definition) is 0. The fourth-order valence-electron chi connectivity index (χ4n) is 6.64. The molecular weight excluding hydrogens is 837 g/mol. The summed E-state index contributed by atoms with van der Waals surface area (Å²) in [5.74, 6) is -0.516. The van der Waals surface area contributed by atoms with E-state index >= 15 is 0 Å². The highest BCUT2D eigenvalue weighted by Crippen LogP contribution is 2.11. The highest BCUT2D eigenvalue weighted by molar-refractivity contribution is 5.70. The third-order valence-electron chi connectivity index (χ3n) is 10.5. The lowest BCUT2D eigenvalue weighted by molar-refractivity contribution is -0.163. The second kappa shape index (κ2) is 56.8. The number of carbonyl (C=O) groups is 2. The molecule has 0 aromatic carbocycles. The van der Waals surface area contributed by atoms with E-state index in [1.807, 2.05) is 0 Å². The van der Waals surface area contributed by atoms with E-state index in [0.717, 1.165) is 148 Å². The topological polar surface area (TPSA) is 61.8 Å². The van der Waals surface area contributed by atoms with Gasteiger partial charge >= 0.3 is 11.9 Å². The largest absolute Gasteiger partial charge is 0.462 e. The number of rotatable bonds is 47. The number of esters is 2. The van der Waals surface area contributed by atoms with Gasteiger partial charge < -0.3 is 14.2 Å². The van der Waals surface area contributed by atoms with Gasteiger partial charge in [-0.05, 0) is 135 Å². The molecular formula is C63H98O5. The van der Waals surface area contributed by atoms with Gasteiger partial charge in [0.25, 0.3) is 0 Å². The summed E-state index contributed by atoms with van der Waals surface area (Å²) in [6.07, 6.45) is 84.0. The lowest BCUT2D eigenvalue weighted by atomic mass is 10.1. The molecule has 1 unspecified atom stereocenters. The van der Waals surface area contributed by atoms with E-state index in [9.17, 15) is 9.59 Å². The van der Waals surface area contributed by atoms with Gasteiger partial charge in [-0.1, -0.05) is 211 Å². The van der Waals surface area contributed by atoms with E-state index in [1.54, 1.807) is 0 Å². The Kier molecular flexibility index (Phi) is 53.1. The number of hydrogen-bond acceptors (Lipinski definition) is 5. The zero-order valence-electron chi connectivity index (χ0n) is 43.6. The van der Waals surface area contributed by atoms with Crippen molar-refractivity contribution in [2.75, 3.05) is 19.8 Å². The zero-order valence-corrected chi connectivity index (χ0v) is 43.6. The highest BCUT2D eigenvalue weighted by Gasteiger charge is 2.17. The summed E-state index contributed by atoms with van der Waals surface area (Å²) >= 11 is 0. The molecule has 0 aromatic rings. The first kappa shape index (κ1) is 63.5. The summed E-state index contributed by atoms with van der Waals surface area (Å²) in [7, 11) is 0. The predicted molar refractivity (Wildman–Crippen MR) is 297 cm³/mol. The normalized spacial score (nSPS) is 13.5. The van der Waals surface area contributed by atoms with Crippen LogP contribution in [0.4, 0.5) is 0 Å². The molecule has 5 nitrogen and oxygen atoms in total. The van der Waals surface area contributed by atoms with Crippen LogP contribution in [0.5, 0.6) is 0 Å². The minimum atomic E-state index is -0.596. The summed E-state index contributed by atoms with van der Waals surface area (Å²) in [5, 5.41) is 0. The molecule has 0 spiro atoms. The quantitative estimate of drug-likeness (QED) is 0.0346. The number of unbranched alkanes of at least 4 members (excludes halogenated alkanes) is 10. The molecule has 0 bridgehead atoms. The van der Waals surface area contributed by atoms with Gasteiger partial charge in [0.05, 0.1) is 6.61 Å². The Bertz CT molecular complexity index is 1520. The molecule has 0 N–H and O–H groups in total. The molecule has 0 aliphatic heterocycles. The summed E-state index contributed by atoms with van der Waals surface area (Å²) in [6, 6.07) is 0. The van der Waals surface area contributed by atoms with Crippen molar-refractivity contribution >= 4 is 11.9 Å². The van der Waals surface area contributed by atoms with Gasteiger partial charge in [0.15, 0.2) is 6.10 Å². The van der Waals surface area contributed by atoms with Crippen molar-refractivity contribution in [2.45, 2.75) is 207 Å². The Morgan fingerprint density at radius 1 is 0.324 bits per heavy atom. The average Bonchev–Trinajstić information content (AvgIpc) is 3.34. The molecule has 0 heterocycles. The van der Waals surface area contributed by atoms with Crippen molar-refractivity contribution in [1.82, 2.24) is 0 Å². The molecule has 0 saturated heterocycles. The number of ether oxygens (including phenoxy) is 3. The fourth-order valence-corrected chi connectivity index (χ4v) is 6.64. The summed E-state index contributed by atoms with van der Waals surface area (Å²) < 4.78 is 17.4. The van der Waals surface area contributed by atoms with E-state index in [1.165, 1.54) is 19.3 Å². The molecule has 0 saturated carbocycles. The third-order valence-corrected chi connectivity index (χ3v) is 10.5. The molecule has 0 aliphatic rings. The van der Waals surface area contributed by atoms with Crippen molar-refractivity contribution in [3.05, 3.63) is 158 Å². The summed E-state index contributed by atoms with van der Waals surface area (Å²) in [4.78, 5) is 25.5. The van der Waals surface area contributed by atoms with Gasteiger partial charge in [0, 0.05) is 19.4 Å². The second-order valence-corrected chi connectivity index (χ2v) is 17.0. The first-order valence-electron chi connectivity index (χ1n) is 27.0. The maximum atomic E-state index is 12.8. The van der Waals surface area contributed by atoms with Crippen LogP contribution >= 0.6 is 0 Å². The van der Waals surface area contributed by atoms with Gasteiger partial charge in [-0.2, -0.15) is 0 Å². The van der Waals surface area contributed by atoms with Crippen LogP contribution in [0.25, 0.3) is 0 Å². The second-order valence-electron chi connectivity index (χ2n) is 17.0. The van der Waals surface area contributed by atoms with E-state index in [4.69, 9.17) is 14.2 Å². The first-order chi connectivity index (χ1) is 33.6. The minimum Gasteiger partial charge on any atom is -0.462 e. The van der Waals surface area contributed by atoms with E-state index in [-0.39, 0.29) is 25.2 Å². The Hall–Kier alpha value is -4.48. The van der Waals surface area contributed by atoms with Crippen molar-refractivity contribution in [3.63, 3.8) is 0 Å².